The van der Waals surface area contributed by atoms with Crippen LogP contribution in [0.25, 0.3) is 0 Å². The number of ether oxygens (including phenoxy) is 2. The molecule has 0 aromatic heterocycles. The molecule has 5 nitrogen and oxygen atoms in total. The number of carbonyl (C=O) groups excluding carboxylic acids is 1. The summed E-state index contributed by atoms with van der Waals surface area (Å²) in [7, 11) is 0. The zero-order valence-corrected chi connectivity index (χ0v) is 25.2. The van der Waals surface area contributed by atoms with Crippen LogP contribution in [-0.2, 0) is 10.3 Å². The van der Waals surface area contributed by atoms with Crippen LogP contribution in [0.1, 0.15) is 85.0 Å². The molecular formula is C37H39FN2O3. The Morgan fingerprint density at radius 2 is 1.56 bits per heavy atom. The fourth-order valence-electron chi connectivity index (χ4n) is 6.38. The van der Waals surface area contributed by atoms with Crippen LogP contribution in [0.4, 0.5) is 21.5 Å². The highest BCUT2D eigenvalue weighted by atomic mass is 19.1. The molecule has 0 saturated heterocycles. The van der Waals surface area contributed by atoms with E-state index < -0.39 is 5.60 Å². The van der Waals surface area contributed by atoms with E-state index >= 15 is 0 Å². The number of nitrogens with zero attached hydrogens (tertiary/aromatic N) is 1. The molecule has 0 fully saturated rings. The first kappa shape index (κ1) is 28.8. The van der Waals surface area contributed by atoms with Gasteiger partial charge in [0.15, 0.2) is 5.60 Å². The Bertz CT molecular complexity index is 1630. The maximum Gasteiger partial charge on any atom is 0.340 e. The van der Waals surface area contributed by atoms with Crippen LogP contribution in [-0.4, -0.2) is 19.1 Å². The summed E-state index contributed by atoms with van der Waals surface area (Å²) in [4.78, 5) is 15.7. The number of halogens is 1. The molecule has 1 atom stereocenters. The minimum Gasteiger partial charge on any atom is -0.456 e. The molecule has 1 N–H and O–H groups in total. The SMILES string of the molecule is CCCCCCCCN(CC)c1ccc2c(c1)Oc1cc(C)c(Nc3ccc(F)cc3)cc1C21OC(=O)c2ccccc21. The molecule has 1 unspecified atom stereocenters. The summed E-state index contributed by atoms with van der Waals surface area (Å²) in [6, 6.07) is 24.1. The first-order valence-electron chi connectivity index (χ1n) is 15.5. The summed E-state index contributed by atoms with van der Waals surface area (Å²) in [5.74, 6) is 0.689. The number of hydrogen-bond donors (Lipinski definition) is 1. The Morgan fingerprint density at radius 1 is 0.814 bits per heavy atom. The van der Waals surface area contributed by atoms with Crippen molar-refractivity contribution >= 4 is 23.0 Å². The fraction of sp³-hybridized carbons (Fsp3) is 0.324. The monoisotopic (exact) mass is 578 g/mol. The van der Waals surface area contributed by atoms with Gasteiger partial charge < -0.3 is 19.7 Å². The summed E-state index contributed by atoms with van der Waals surface area (Å²) >= 11 is 0. The van der Waals surface area contributed by atoms with Crippen LogP contribution in [0.2, 0.25) is 0 Å². The molecule has 2 aliphatic rings. The van der Waals surface area contributed by atoms with Crippen molar-refractivity contribution in [1.82, 2.24) is 0 Å². The molecule has 4 aromatic rings. The van der Waals surface area contributed by atoms with Gasteiger partial charge in [-0.1, -0.05) is 57.2 Å². The van der Waals surface area contributed by atoms with Crippen molar-refractivity contribution < 1.29 is 18.7 Å². The lowest BCUT2D eigenvalue weighted by atomic mass is 9.77. The summed E-state index contributed by atoms with van der Waals surface area (Å²) in [6.45, 7) is 8.31. The van der Waals surface area contributed by atoms with E-state index in [9.17, 15) is 9.18 Å². The summed E-state index contributed by atoms with van der Waals surface area (Å²) < 4.78 is 26.6. The number of fused-ring (bicyclic) bond motifs is 6. The smallest absolute Gasteiger partial charge is 0.340 e. The van der Waals surface area contributed by atoms with Crippen molar-refractivity contribution in [2.24, 2.45) is 0 Å². The average molecular weight is 579 g/mol. The fourth-order valence-corrected chi connectivity index (χ4v) is 6.38. The maximum atomic E-state index is 13.6. The van der Waals surface area contributed by atoms with E-state index in [1.165, 1.54) is 44.2 Å². The van der Waals surface area contributed by atoms with Crippen molar-refractivity contribution in [3.05, 3.63) is 112 Å². The predicted molar refractivity (Wildman–Crippen MR) is 170 cm³/mol. The summed E-state index contributed by atoms with van der Waals surface area (Å²) in [5, 5.41) is 3.41. The minimum absolute atomic E-state index is 0.292. The quantitative estimate of drug-likeness (QED) is 0.142. The lowest BCUT2D eigenvalue weighted by Crippen LogP contribution is -2.33. The number of carbonyl (C=O) groups is 1. The minimum atomic E-state index is -1.15. The number of aryl methyl sites for hydroxylation is 1. The largest absolute Gasteiger partial charge is 0.456 e. The van der Waals surface area contributed by atoms with E-state index in [0.29, 0.717) is 17.1 Å². The highest BCUT2D eigenvalue weighted by Gasteiger charge is 2.53. The zero-order valence-electron chi connectivity index (χ0n) is 25.2. The molecule has 4 aromatic carbocycles. The number of rotatable bonds is 11. The summed E-state index contributed by atoms with van der Waals surface area (Å²) in [5.41, 5.74) is 5.38. The third-order valence-electron chi connectivity index (χ3n) is 8.69. The van der Waals surface area contributed by atoms with E-state index in [1.54, 1.807) is 12.1 Å². The number of esters is 1. The molecule has 2 heterocycles. The molecular weight excluding hydrogens is 539 g/mol. The van der Waals surface area contributed by atoms with Gasteiger partial charge in [0.2, 0.25) is 0 Å². The first-order valence-corrected chi connectivity index (χ1v) is 15.5. The topological polar surface area (TPSA) is 50.8 Å². The second-order valence-corrected chi connectivity index (χ2v) is 11.5. The van der Waals surface area contributed by atoms with Gasteiger partial charge in [0.25, 0.3) is 0 Å². The normalized spacial score (nSPS) is 16.2. The van der Waals surface area contributed by atoms with Crippen LogP contribution in [0.5, 0.6) is 11.5 Å². The van der Waals surface area contributed by atoms with E-state index in [4.69, 9.17) is 9.47 Å². The van der Waals surface area contributed by atoms with Crippen LogP contribution < -0.4 is 15.0 Å². The average Bonchev–Trinajstić information content (AvgIpc) is 3.31. The highest BCUT2D eigenvalue weighted by molar-refractivity contribution is 5.97. The van der Waals surface area contributed by atoms with Crippen LogP contribution in [0, 0.1) is 12.7 Å². The third-order valence-corrected chi connectivity index (χ3v) is 8.69. The molecule has 43 heavy (non-hydrogen) atoms. The molecule has 222 valence electrons. The van der Waals surface area contributed by atoms with E-state index in [1.807, 2.05) is 43.3 Å². The van der Waals surface area contributed by atoms with Crippen LogP contribution >= 0.6 is 0 Å². The van der Waals surface area contributed by atoms with Gasteiger partial charge in [-0.05, 0) is 80.4 Å². The van der Waals surface area contributed by atoms with Crippen molar-refractivity contribution in [3.8, 4) is 11.5 Å². The second-order valence-electron chi connectivity index (χ2n) is 11.5. The Hall–Kier alpha value is -4.32. The molecule has 2 aliphatic heterocycles. The molecule has 0 saturated carbocycles. The standard InChI is InChI=1S/C37H39FN2O3/c1-4-6-7-8-9-12-21-40(5-2)28-19-20-31-35(23-28)42-34-22-25(3)33(39-27-17-15-26(38)16-18-27)24-32(34)37(31)30-14-11-10-13-29(30)36(41)43-37/h10-11,13-20,22-24,39H,4-9,12,21H2,1-3H3. The lowest BCUT2D eigenvalue weighted by Gasteiger charge is -2.38. The molecule has 0 radical (unpaired) electrons. The van der Waals surface area contributed by atoms with Gasteiger partial charge in [0.05, 0.1) is 5.56 Å². The molecule has 6 rings (SSSR count). The first-order chi connectivity index (χ1) is 20.9. The van der Waals surface area contributed by atoms with Gasteiger partial charge in [-0.15, -0.1) is 0 Å². The Kier molecular flexibility index (Phi) is 8.11. The van der Waals surface area contributed by atoms with Gasteiger partial charge in [-0.25, -0.2) is 9.18 Å². The Morgan fingerprint density at radius 3 is 2.35 bits per heavy atom. The van der Waals surface area contributed by atoms with Gasteiger partial charge in [0.1, 0.15) is 17.3 Å². The lowest BCUT2D eigenvalue weighted by molar-refractivity contribution is 0.0224. The molecule has 6 heteroatoms. The van der Waals surface area contributed by atoms with E-state index in [0.717, 1.165) is 58.8 Å². The number of hydrogen-bond acceptors (Lipinski definition) is 5. The van der Waals surface area contributed by atoms with E-state index in [2.05, 4.69) is 42.3 Å². The molecule has 0 amide bonds. The number of nitrogens with one attached hydrogen (secondary N) is 1. The highest BCUT2D eigenvalue weighted by Crippen LogP contribution is 2.57. The van der Waals surface area contributed by atoms with Crippen LogP contribution in [0.3, 0.4) is 0 Å². The maximum absolute atomic E-state index is 13.6. The molecule has 0 bridgehead atoms. The number of benzene rings is 4. The van der Waals surface area contributed by atoms with Crippen molar-refractivity contribution in [3.63, 3.8) is 0 Å². The number of anilines is 3. The Balaban J connectivity index is 1.40. The van der Waals surface area contributed by atoms with Crippen LogP contribution in [0.15, 0.2) is 78.9 Å². The van der Waals surface area contributed by atoms with Gasteiger partial charge in [0, 0.05) is 52.9 Å². The summed E-state index contributed by atoms with van der Waals surface area (Å²) in [6.07, 6.45) is 7.52. The van der Waals surface area contributed by atoms with Gasteiger partial charge in [-0.3, -0.25) is 0 Å². The second kappa shape index (κ2) is 12.1. The number of unbranched alkanes of at least 4 members (excludes halogenated alkanes) is 5. The molecule has 0 aliphatic carbocycles. The zero-order chi connectivity index (χ0) is 30.0. The van der Waals surface area contributed by atoms with Crippen molar-refractivity contribution in [2.45, 2.75) is 64.9 Å². The molecule has 1 spiro atoms. The van der Waals surface area contributed by atoms with Gasteiger partial charge in [-0.2, -0.15) is 0 Å². The predicted octanol–water partition coefficient (Wildman–Crippen LogP) is 9.63. The Labute approximate surface area is 253 Å². The van der Waals surface area contributed by atoms with Crippen molar-refractivity contribution in [1.29, 1.82) is 0 Å². The van der Waals surface area contributed by atoms with E-state index in [-0.39, 0.29) is 11.8 Å². The van der Waals surface area contributed by atoms with Gasteiger partial charge >= 0.3 is 5.97 Å². The van der Waals surface area contributed by atoms with Crippen molar-refractivity contribution in [2.75, 3.05) is 23.3 Å². The third kappa shape index (κ3) is 5.35.